The normalized spacial score (nSPS) is 21.7. The number of rotatable bonds is 5. The monoisotopic (exact) mass is 293 g/mol. The van der Waals surface area contributed by atoms with Gasteiger partial charge < -0.3 is 10.4 Å². The number of aliphatic carboxylic acids is 1. The molecule has 0 unspecified atom stereocenters. The molecular formula is C15H23N3O3. The summed E-state index contributed by atoms with van der Waals surface area (Å²) in [5.74, 6) is -0.794. The Morgan fingerprint density at radius 1 is 1.48 bits per heavy atom. The van der Waals surface area contributed by atoms with Crippen LogP contribution in [0.15, 0.2) is 6.20 Å². The Morgan fingerprint density at radius 2 is 2.19 bits per heavy atom. The highest BCUT2D eigenvalue weighted by atomic mass is 16.4. The molecule has 21 heavy (non-hydrogen) atoms. The number of hydrogen-bond acceptors (Lipinski definition) is 3. The van der Waals surface area contributed by atoms with Gasteiger partial charge in [-0.15, -0.1) is 0 Å². The molecule has 1 aromatic rings. The Hall–Kier alpha value is -1.85. The summed E-state index contributed by atoms with van der Waals surface area (Å²) in [6.45, 7) is 6.87. The summed E-state index contributed by atoms with van der Waals surface area (Å²) in [4.78, 5) is 23.2. The van der Waals surface area contributed by atoms with Crippen LogP contribution in [0.25, 0.3) is 0 Å². The van der Waals surface area contributed by atoms with Gasteiger partial charge >= 0.3 is 5.97 Å². The van der Waals surface area contributed by atoms with Crippen molar-refractivity contribution in [2.45, 2.75) is 52.6 Å². The van der Waals surface area contributed by atoms with Crippen molar-refractivity contribution in [1.82, 2.24) is 15.1 Å². The fourth-order valence-electron chi connectivity index (χ4n) is 2.80. The van der Waals surface area contributed by atoms with E-state index in [1.165, 1.54) is 0 Å². The molecule has 0 spiro atoms. The van der Waals surface area contributed by atoms with Crippen LogP contribution in [0.1, 0.15) is 49.2 Å². The standard InChI is InChI=1S/C15H23N3O3/c1-9(2)8-18-10(3)13(7-16-18)14(19)17-12-5-4-11(6-12)15(20)21/h7,9,11-12H,4-6,8H2,1-3H3,(H,17,19)(H,20,21)/t11-,12+/m1/s1. The molecule has 1 fully saturated rings. The van der Waals surface area contributed by atoms with Crippen LogP contribution in [0.5, 0.6) is 0 Å². The molecule has 1 aliphatic carbocycles. The lowest BCUT2D eigenvalue weighted by Gasteiger charge is -2.12. The smallest absolute Gasteiger partial charge is 0.306 e. The molecule has 1 aromatic heterocycles. The van der Waals surface area contributed by atoms with Crippen LogP contribution in [-0.4, -0.2) is 32.8 Å². The van der Waals surface area contributed by atoms with E-state index < -0.39 is 5.97 Å². The molecule has 0 aliphatic heterocycles. The van der Waals surface area contributed by atoms with Crippen molar-refractivity contribution >= 4 is 11.9 Å². The van der Waals surface area contributed by atoms with E-state index in [-0.39, 0.29) is 17.9 Å². The first-order valence-electron chi connectivity index (χ1n) is 7.44. The third kappa shape index (κ3) is 3.62. The van der Waals surface area contributed by atoms with Crippen molar-refractivity contribution in [3.05, 3.63) is 17.5 Å². The molecule has 0 saturated heterocycles. The topological polar surface area (TPSA) is 84.2 Å². The minimum atomic E-state index is -0.771. The Balaban J connectivity index is 1.98. The summed E-state index contributed by atoms with van der Waals surface area (Å²) in [5.41, 5.74) is 1.43. The number of aromatic nitrogens is 2. The van der Waals surface area contributed by atoms with E-state index in [9.17, 15) is 9.59 Å². The quantitative estimate of drug-likeness (QED) is 0.867. The molecule has 0 aromatic carbocycles. The number of carbonyl (C=O) groups excluding carboxylic acids is 1. The van der Waals surface area contributed by atoms with Gasteiger partial charge in [-0.05, 0) is 32.1 Å². The summed E-state index contributed by atoms with van der Waals surface area (Å²) in [5, 5.41) is 16.2. The molecule has 1 saturated carbocycles. The average molecular weight is 293 g/mol. The number of hydrogen-bond donors (Lipinski definition) is 2. The first-order chi connectivity index (χ1) is 9.88. The first kappa shape index (κ1) is 15.5. The fraction of sp³-hybridized carbons (Fsp3) is 0.667. The highest BCUT2D eigenvalue weighted by Gasteiger charge is 2.31. The zero-order chi connectivity index (χ0) is 15.6. The number of carbonyl (C=O) groups is 2. The summed E-state index contributed by atoms with van der Waals surface area (Å²) < 4.78 is 1.84. The van der Waals surface area contributed by atoms with E-state index in [1.807, 2.05) is 11.6 Å². The number of nitrogens with one attached hydrogen (secondary N) is 1. The SMILES string of the molecule is Cc1c(C(=O)N[C@H]2CC[C@@H](C(=O)O)C2)cnn1CC(C)C. The zero-order valence-electron chi connectivity index (χ0n) is 12.8. The molecule has 2 N–H and O–H groups in total. The van der Waals surface area contributed by atoms with Gasteiger partial charge in [0, 0.05) is 18.3 Å². The van der Waals surface area contributed by atoms with E-state index >= 15 is 0 Å². The van der Waals surface area contributed by atoms with Crippen LogP contribution in [0.2, 0.25) is 0 Å². The highest BCUT2D eigenvalue weighted by molar-refractivity contribution is 5.95. The van der Waals surface area contributed by atoms with Crippen LogP contribution in [0.4, 0.5) is 0 Å². The van der Waals surface area contributed by atoms with E-state index in [1.54, 1.807) is 6.20 Å². The van der Waals surface area contributed by atoms with Gasteiger partial charge in [-0.25, -0.2) is 0 Å². The lowest BCUT2D eigenvalue weighted by molar-refractivity contribution is -0.141. The third-order valence-electron chi connectivity index (χ3n) is 4.00. The number of carboxylic acids is 1. The second-order valence-electron chi connectivity index (χ2n) is 6.24. The van der Waals surface area contributed by atoms with E-state index in [4.69, 9.17) is 5.11 Å². The molecular weight excluding hydrogens is 270 g/mol. The van der Waals surface area contributed by atoms with Gasteiger partial charge in [0.05, 0.1) is 17.7 Å². The summed E-state index contributed by atoms with van der Waals surface area (Å²) in [7, 11) is 0. The molecule has 6 nitrogen and oxygen atoms in total. The maximum atomic E-state index is 12.3. The maximum absolute atomic E-state index is 12.3. The van der Waals surface area contributed by atoms with E-state index in [0.717, 1.165) is 18.7 Å². The van der Waals surface area contributed by atoms with Crippen molar-refractivity contribution in [3.63, 3.8) is 0 Å². The minimum absolute atomic E-state index is 0.0496. The van der Waals surface area contributed by atoms with E-state index in [0.29, 0.717) is 24.3 Å². The van der Waals surface area contributed by atoms with Crippen LogP contribution in [0.3, 0.4) is 0 Å². The van der Waals surface area contributed by atoms with Gasteiger partial charge in [-0.1, -0.05) is 13.8 Å². The number of carboxylic acid groups (broad SMARTS) is 1. The predicted octanol–water partition coefficient (Wildman–Crippen LogP) is 1.83. The van der Waals surface area contributed by atoms with E-state index in [2.05, 4.69) is 24.3 Å². The molecule has 1 heterocycles. The molecule has 0 bridgehead atoms. The summed E-state index contributed by atoms with van der Waals surface area (Å²) in [6, 6.07) is -0.0496. The second kappa shape index (κ2) is 6.28. The van der Waals surface area contributed by atoms with Gasteiger partial charge in [-0.3, -0.25) is 14.3 Å². The molecule has 2 rings (SSSR count). The molecule has 116 valence electrons. The fourth-order valence-corrected chi connectivity index (χ4v) is 2.80. The third-order valence-corrected chi connectivity index (χ3v) is 4.00. The zero-order valence-corrected chi connectivity index (χ0v) is 12.8. The summed E-state index contributed by atoms with van der Waals surface area (Å²) in [6.07, 6.45) is 3.46. The molecule has 1 amide bonds. The van der Waals surface area contributed by atoms with Gasteiger partial charge in [0.2, 0.25) is 0 Å². The predicted molar refractivity (Wildman–Crippen MR) is 78.0 cm³/mol. The number of amides is 1. The number of nitrogens with zero attached hydrogens (tertiary/aromatic N) is 2. The Bertz CT molecular complexity index is 536. The summed E-state index contributed by atoms with van der Waals surface area (Å²) >= 11 is 0. The van der Waals surface area contributed by atoms with Crippen LogP contribution in [-0.2, 0) is 11.3 Å². The van der Waals surface area contributed by atoms with Crippen molar-refractivity contribution in [1.29, 1.82) is 0 Å². The average Bonchev–Trinajstić information content (AvgIpc) is 2.97. The molecule has 2 atom stereocenters. The van der Waals surface area contributed by atoms with Crippen molar-refractivity contribution in [2.75, 3.05) is 0 Å². The molecule has 1 aliphatic rings. The van der Waals surface area contributed by atoms with Crippen LogP contribution >= 0.6 is 0 Å². The first-order valence-corrected chi connectivity index (χ1v) is 7.44. The Labute approximate surface area is 124 Å². The molecule has 6 heteroatoms. The highest BCUT2D eigenvalue weighted by Crippen LogP contribution is 2.26. The van der Waals surface area contributed by atoms with Crippen molar-refractivity contribution < 1.29 is 14.7 Å². The Kier molecular flexibility index (Phi) is 4.65. The van der Waals surface area contributed by atoms with Gasteiger partial charge in [0.1, 0.15) is 0 Å². The van der Waals surface area contributed by atoms with Gasteiger partial charge in [0.25, 0.3) is 5.91 Å². The van der Waals surface area contributed by atoms with Gasteiger partial charge in [0.15, 0.2) is 0 Å². The second-order valence-corrected chi connectivity index (χ2v) is 6.24. The Morgan fingerprint density at radius 3 is 2.76 bits per heavy atom. The van der Waals surface area contributed by atoms with Crippen molar-refractivity contribution in [2.24, 2.45) is 11.8 Å². The van der Waals surface area contributed by atoms with Gasteiger partial charge in [-0.2, -0.15) is 5.10 Å². The lowest BCUT2D eigenvalue weighted by Crippen LogP contribution is -2.33. The minimum Gasteiger partial charge on any atom is -0.481 e. The van der Waals surface area contributed by atoms with Crippen LogP contribution in [0, 0.1) is 18.8 Å². The molecule has 0 radical (unpaired) electrons. The van der Waals surface area contributed by atoms with Crippen molar-refractivity contribution in [3.8, 4) is 0 Å². The lowest BCUT2D eigenvalue weighted by atomic mass is 10.1. The maximum Gasteiger partial charge on any atom is 0.306 e. The van der Waals surface area contributed by atoms with Crippen LogP contribution < -0.4 is 5.32 Å². The largest absolute Gasteiger partial charge is 0.481 e.